The first-order chi connectivity index (χ1) is 18.0. The summed E-state index contributed by atoms with van der Waals surface area (Å²) in [5.41, 5.74) is 3.90. The van der Waals surface area contributed by atoms with Gasteiger partial charge in [0, 0.05) is 31.3 Å². The van der Waals surface area contributed by atoms with E-state index in [0.29, 0.717) is 36.9 Å². The Balaban J connectivity index is 1.15. The second-order valence-corrected chi connectivity index (χ2v) is 9.65. The Kier molecular flexibility index (Phi) is 7.58. The van der Waals surface area contributed by atoms with E-state index in [-0.39, 0.29) is 24.1 Å². The number of aromatic nitrogens is 1. The van der Waals surface area contributed by atoms with Gasteiger partial charge in [-0.2, -0.15) is 0 Å². The average Bonchev–Trinajstić information content (AvgIpc) is 3.76. The summed E-state index contributed by atoms with van der Waals surface area (Å²) in [7, 11) is 1.63. The predicted octanol–water partition coefficient (Wildman–Crippen LogP) is 3.52. The zero-order valence-electron chi connectivity index (χ0n) is 20.9. The largest absolute Gasteiger partial charge is 0.493 e. The van der Waals surface area contributed by atoms with Gasteiger partial charge in [0.15, 0.2) is 11.5 Å². The number of aliphatic hydroxyl groups excluding tert-OH is 2. The molecule has 1 aliphatic carbocycles. The minimum absolute atomic E-state index is 0.0613. The van der Waals surface area contributed by atoms with Gasteiger partial charge in [-0.25, -0.2) is 0 Å². The number of ether oxygens (including phenoxy) is 3. The maximum atomic E-state index is 12.9. The topological polar surface area (TPSA) is 101 Å². The minimum Gasteiger partial charge on any atom is -0.493 e. The number of rotatable bonds is 11. The first-order valence-electron chi connectivity index (χ1n) is 12.6. The van der Waals surface area contributed by atoms with Gasteiger partial charge in [0.05, 0.1) is 13.7 Å². The smallest absolute Gasteiger partial charge is 0.272 e. The van der Waals surface area contributed by atoms with E-state index in [4.69, 9.17) is 19.3 Å². The maximum absolute atomic E-state index is 12.9. The molecule has 37 heavy (non-hydrogen) atoms. The van der Waals surface area contributed by atoms with Gasteiger partial charge in [-0.3, -0.25) is 9.78 Å². The molecule has 0 radical (unpaired) electrons. The number of carbonyl (C=O) groups excluding carboxylic acids is 1. The molecule has 0 spiro atoms. The van der Waals surface area contributed by atoms with Crippen LogP contribution in [0.2, 0.25) is 0 Å². The molecule has 194 valence electrons. The van der Waals surface area contributed by atoms with E-state index in [1.54, 1.807) is 24.1 Å². The molecule has 3 aromatic rings. The minimum atomic E-state index is -0.976. The lowest BCUT2D eigenvalue weighted by atomic mass is 9.91. The summed E-state index contributed by atoms with van der Waals surface area (Å²) in [6.45, 7) is 1.17. The van der Waals surface area contributed by atoms with Crippen molar-refractivity contribution in [2.75, 3.05) is 33.4 Å². The van der Waals surface area contributed by atoms with Crippen LogP contribution in [0.1, 0.15) is 51.9 Å². The number of aliphatic hydroxyl groups is 2. The second kappa shape index (κ2) is 11.2. The first-order valence-corrected chi connectivity index (χ1v) is 12.6. The van der Waals surface area contributed by atoms with Crippen LogP contribution in [0.5, 0.6) is 17.2 Å². The normalized spacial score (nSPS) is 16.1. The van der Waals surface area contributed by atoms with Crippen LogP contribution in [0.25, 0.3) is 0 Å². The Labute approximate surface area is 216 Å². The Morgan fingerprint density at radius 2 is 1.76 bits per heavy atom. The third-order valence-electron chi connectivity index (χ3n) is 6.85. The number of carbonyl (C=O) groups is 1. The Morgan fingerprint density at radius 3 is 2.46 bits per heavy atom. The van der Waals surface area contributed by atoms with Crippen molar-refractivity contribution in [2.24, 2.45) is 0 Å². The van der Waals surface area contributed by atoms with Crippen molar-refractivity contribution in [1.29, 1.82) is 0 Å². The highest BCUT2D eigenvalue weighted by Gasteiger charge is 2.33. The molecule has 1 amide bonds. The molecule has 2 aromatic carbocycles. The van der Waals surface area contributed by atoms with Crippen molar-refractivity contribution in [2.45, 2.75) is 37.4 Å². The van der Waals surface area contributed by atoms with Gasteiger partial charge in [-0.15, -0.1) is 0 Å². The van der Waals surface area contributed by atoms with Gasteiger partial charge in [-0.1, -0.05) is 30.3 Å². The summed E-state index contributed by atoms with van der Waals surface area (Å²) in [5.74, 6) is 2.55. The number of pyridine rings is 1. The standard InChI is InChI=1S/C29H32N2O6/c1-35-28-12-22(8-9-27(28)37-17-19-2-4-20(5-3-19)21-6-7-21)23-14-31(15-23)29(34)26-13-25(10-11-30-26)36-18-24(33)16-32/h2-5,8-13,21,23-24,32-33H,6-7,14-18H2,1H3/t24-/m0/s1. The first kappa shape index (κ1) is 25.0. The third kappa shape index (κ3) is 6.03. The number of hydrogen-bond donors (Lipinski definition) is 2. The zero-order chi connectivity index (χ0) is 25.8. The number of nitrogens with zero attached hydrogens (tertiary/aromatic N) is 2. The lowest BCUT2D eigenvalue weighted by Crippen LogP contribution is -2.48. The van der Waals surface area contributed by atoms with Gasteiger partial charge >= 0.3 is 0 Å². The van der Waals surface area contributed by atoms with Crippen LogP contribution in [-0.2, 0) is 6.61 Å². The molecular formula is C29H32N2O6. The Bertz CT molecular complexity index is 1220. The SMILES string of the molecule is COc1cc(C2CN(C(=O)c3cc(OC[C@@H](O)CO)ccn3)C2)ccc1OCc1ccc(C2CC2)cc1. The maximum Gasteiger partial charge on any atom is 0.272 e. The molecule has 2 N–H and O–H groups in total. The highest BCUT2D eigenvalue weighted by atomic mass is 16.5. The fourth-order valence-corrected chi connectivity index (χ4v) is 4.40. The van der Waals surface area contributed by atoms with Crippen LogP contribution < -0.4 is 14.2 Å². The van der Waals surface area contributed by atoms with Crippen molar-refractivity contribution >= 4 is 5.91 Å². The molecule has 1 aliphatic heterocycles. The number of amides is 1. The van der Waals surface area contributed by atoms with Gasteiger partial charge in [0.2, 0.25) is 0 Å². The van der Waals surface area contributed by atoms with E-state index >= 15 is 0 Å². The summed E-state index contributed by atoms with van der Waals surface area (Å²) >= 11 is 0. The summed E-state index contributed by atoms with van der Waals surface area (Å²) in [6, 6.07) is 17.7. The van der Waals surface area contributed by atoms with Crippen molar-refractivity contribution < 1.29 is 29.2 Å². The molecule has 2 aliphatic rings. The van der Waals surface area contributed by atoms with Crippen LogP contribution in [0.15, 0.2) is 60.8 Å². The van der Waals surface area contributed by atoms with E-state index in [1.807, 2.05) is 18.2 Å². The van der Waals surface area contributed by atoms with Crippen molar-refractivity contribution in [3.63, 3.8) is 0 Å². The molecule has 0 unspecified atom stereocenters. The van der Waals surface area contributed by atoms with Gasteiger partial charge in [0.1, 0.15) is 30.8 Å². The molecule has 2 fully saturated rings. The van der Waals surface area contributed by atoms with Gasteiger partial charge in [0.25, 0.3) is 5.91 Å². The van der Waals surface area contributed by atoms with E-state index in [2.05, 4.69) is 29.2 Å². The second-order valence-electron chi connectivity index (χ2n) is 9.65. The molecule has 1 saturated carbocycles. The summed E-state index contributed by atoms with van der Waals surface area (Å²) in [5, 5.41) is 18.4. The van der Waals surface area contributed by atoms with E-state index in [9.17, 15) is 9.90 Å². The highest BCUT2D eigenvalue weighted by Crippen LogP contribution is 2.40. The number of benzene rings is 2. The monoisotopic (exact) mass is 504 g/mol. The lowest BCUT2D eigenvalue weighted by molar-refractivity contribution is 0.0532. The van der Waals surface area contributed by atoms with Crippen LogP contribution in [-0.4, -0.2) is 65.5 Å². The molecule has 1 aromatic heterocycles. The van der Waals surface area contributed by atoms with Gasteiger partial charge < -0.3 is 29.3 Å². The van der Waals surface area contributed by atoms with Crippen molar-refractivity contribution in [1.82, 2.24) is 9.88 Å². The Hall–Kier alpha value is -3.62. The molecule has 8 heteroatoms. The third-order valence-corrected chi connectivity index (χ3v) is 6.85. The van der Waals surface area contributed by atoms with E-state index < -0.39 is 12.7 Å². The quantitative estimate of drug-likeness (QED) is 0.412. The van der Waals surface area contributed by atoms with Crippen molar-refractivity contribution in [3.8, 4) is 17.2 Å². The summed E-state index contributed by atoms with van der Waals surface area (Å²) in [4.78, 5) is 18.8. The molecule has 1 saturated heterocycles. The Morgan fingerprint density at radius 1 is 1.00 bits per heavy atom. The van der Waals surface area contributed by atoms with Crippen LogP contribution >= 0.6 is 0 Å². The molecule has 5 rings (SSSR count). The molecule has 1 atom stereocenters. The van der Waals surface area contributed by atoms with E-state index in [0.717, 1.165) is 17.0 Å². The molecule has 0 bridgehead atoms. The fourth-order valence-electron chi connectivity index (χ4n) is 4.40. The molecular weight excluding hydrogens is 472 g/mol. The number of methoxy groups -OCH3 is 1. The number of likely N-dealkylation sites (tertiary alicyclic amines) is 1. The lowest BCUT2D eigenvalue weighted by Gasteiger charge is -2.39. The summed E-state index contributed by atoms with van der Waals surface area (Å²) < 4.78 is 17.1. The molecule has 2 heterocycles. The van der Waals surface area contributed by atoms with Crippen LogP contribution in [0.3, 0.4) is 0 Å². The average molecular weight is 505 g/mol. The van der Waals surface area contributed by atoms with Gasteiger partial charge in [-0.05, 0) is 53.6 Å². The predicted molar refractivity (Wildman–Crippen MR) is 137 cm³/mol. The zero-order valence-corrected chi connectivity index (χ0v) is 20.9. The van der Waals surface area contributed by atoms with E-state index in [1.165, 1.54) is 24.6 Å². The van der Waals surface area contributed by atoms with Crippen molar-refractivity contribution in [3.05, 3.63) is 83.2 Å². The van der Waals surface area contributed by atoms with Crippen LogP contribution in [0.4, 0.5) is 0 Å². The molecule has 8 nitrogen and oxygen atoms in total. The van der Waals surface area contributed by atoms with Crippen LogP contribution in [0, 0.1) is 0 Å². The summed E-state index contributed by atoms with van der Waals surface area (Å²) in [6.07, 6.45) is 3.11. The highest BCUT2D eigenvalue weighted by molar-refractivity contribution is 5.93. The fraction of sp³-hybridized carbons (Fsp3) is 0.379. The number of hydrogen-bond acceptors (Lipinski definition) is 7.